The highest BCUT2D eigenvalue weighted by atomic mass is 15.1. The highest BCUT2D eigenvalue weighted by molar-refractivity contribution is 5.47. The van der Waals surface area contributed by atoms with Crippen LogP contribution in [0.5, 0.6) is 0 Å². The number of nitrogens with zero attached hydrogens (tertiary/aromatic N) is 2. The molecule has 19 heavy (non-hydrogen) atoms. The third-order valence-electron chi connectivity index (χ3n) is 2.70. The number of anilines is 2. The molecule has 1 aromatic carbocycles. The van der Waals surface area contributed by atoms with Gasteiger partial charge in [0.1, 0.15) is 18.0 Å². The van der Waals surface area contributed by atoms with Crippen molar-refractivity contribution in [1.82, 2.24) is 9.97 Å². The van der Waals surface area contributed by atoms with Crippen LogP contribution in [-0.4, -0.2) is 16.0 Å². The summed E-state index contributed by atoms with van der Waals surface area (Å²) in [6.45, 7) is 7.02. The molecule has 2 rings (SSSR count). The average molecular weight is 256 g/mol. The molecule has 100 valence electrons. The van der Waals surface area contributed by atoms with E-state index < -0.39 is 0 Å². The molecule has 0 atom stereocenters. The van der Waals surface area contributed by atoms with Crippen LogP contribution in [0.1, 0.15) is 25.0 Å². The summed E-state index contributed by atoms with van der Waals surface area (Å²) in [5, 5.41) is 6.56. The van der Waals surface area contributed by atoms with Crippen molar-refractivity contribution in [2.75, 3.05) is 10.6 Å². The van der Waals surface area contributed by atoms with Crippen LogP contribution in [0.15, 0.2) is 36.7 Å². The third-order valence-corrected chi connectivity index (χ3v) is 2.70. The van der Waals surface area contributed by atoms with Crippen molar-refractivity contribution in [2.45, 2.75) is 33.4 Å². The first-order valence-corrected chi connectivity index (χ1v) is 6.51. The molecule has 0 amide bonds. The smallest absolute Gasteiger partial charge is 0.131 e. The number of nitrogens with one attached hydrogen (secondary N) is 2. The second-order valence-corrected chi connectivity index (χ2v) is 4.93. The SMILES string of the molecule is Cc1ccc(CNc2cc(NC(C)C)ncn2)cc1. The van der Waals surface area contributed by atoms with Gasteiger partial charge in [-0.3, -0.25) is 0 Å². The van der Waals surface area contributed by atoms with E-state index in [2.05, 4.69) is 65.6 Å². The van der Waals surface area contributed by atoms with E-state index in [-0.39, 0.29) is 0 Å². The van der Waals surface area contributed by atoms with Gasteiger partial charge in [0, 0.05) is 18.7 Å². The summed E-state index contributed by atoms with van der Waals surface area (Å²) in [5.41, 5.74) is 2.51. The lowest BCUT2D eigenvalue weighted by molar-refractivity contribution is 0.886. The normalized spacial score (nSPS) is 10.5. The Hall–Kier alpha value is -2.10. The largest absolute Gasteiger partial charge is 0.368 e. The minimum atomic E-state index is 0.361. The lowest BCUT2D eigenvalue weighted by atomic mass is 10.1. The molecule has 0 fully saturated rings. The molecule has 0 unspecified atom stereocenters. The summed E-state index contributed by atoms with van der Waals surface area (Å²) in [7, 11) is 0. The minimum Gasteiger partial charge on any atom is -0.368 e. The number of aromatic nitrogens is 2. The Morgan fingerprint density at radius 1 is 1.05 bits per heavy atom. The second kappa shape index (κ2) is 6.18. The van der Waals surface area contributed by atoms with Crippen molar-refractivity contribution in [3.63, 3.8) is 0 Å². The second-order valence-electron chi connectivity index (χ2n) is 4.93. The molecule has 2 aromatic rings. The van der Waals surface area contributed by atoms with Crippen LogP contribution in [0.25, 0.3) is 0 Å². The van der Waals surface area contributed by atoms with Gasteiger partial charge in [-0.25, -0.2) is 9.97 Å². The molecule has 4 heteroatoms. The summed E-state index contributed by atoms with van der Waals surface area (Å²) < 4.78 is 0. The Kier molecular flexibility index (Phi) is 4.34. The maximum absolute atomic E-state index is 4.22. The summed E-state index contributed by atoms with van der Waals surface area (Å²) >= 11 is 0. The van der Waals surface area contributed by atoms with Crippen LogP contribution in [0, 0.1) is 6.92 Å². The van der Waals surface area contributed by atoms with Crippen molar-refractivity contribution in [3.05, 3.63) is 47.8 Å². The number of rotatable bonds is 5. The van der Waals surface area contributed by atoms with Gasteiger partial charge in [0.25, 0.3) is 0 Å². The Labute approximate surface area is 114 Å². The number of aryl methyl sites for hydroxylation is 1. The summed E-state index contributed by atoms with van der Waals surface area (Å²) in [6, 6.07) is 10.8. The molecular formula is C15H20N4. The molecule has 0 saturated carbocycles. The molecule has 0 aliphatic heterocycles. The van der Waals surface area contributed by atoms with E-state index in [1.54, 1.807) is 6.33 Å². The maximum atomic E-state index is 4.22. The van der Waals surface area contributed by atoms with Gasteiger partial charge in [0.15, 0.2) is 0 Å². The van der Waals surface area contributed by atoms with E-state index in [0.29, 0.717) is 6.04 Å². The van der Waals surface area contributed by atoms with Gasteiger partial charge in [-0.2, -0.15) is 0 Å². The Morgan fingerprint density at radius 2 is 1.74 bits per heavy atom. The molecule has 1 heterocycles. The Bertz CT molecular complexity index is 520. The van der Waals surface area contributed by atoms with Crippen LogP contribution < -0.4 is 10.6 Å². The van der Waals surface area contributed by atoms with Crippen molar-refractivity contribution in [2.24, 2.45) is 0 Å². The van der Waals surface area contributed by atoms with Gasteiger partial charge in [0.2, 0.25) is 0 Å². The summed E-state index contributed by atoms with van der Waals surface area (Å²) in [6.07, 6.45) is 1.57. The van der Waals surface area contributed by atoms with E-state index in [4.69, 9.17) is 0 Å². The lowest BCUT2D eigenvalue weighted by Gasteiger charge is -2.10. The zero-order chi connectivity index (χ0) is 13.7. The standard InChI is InChI=1S/C15H20N4/c1-11(2)19-15-8-14(17-10-18-15)16-9-13-6-4-12(3)5-7-13/h4-8,10-11H,9H2,1-3H3,(H2,16,17,18,19). The zero-order valence-electron chi connectivity index (χ0n) is 11.6. The van der Waals surface area contributed by atoms with Crippen LogP contribution in [0.4, 0.5) is 11.6 Å². The summed E-state index contributed by atoms with van der Waals surface area (Å²) in [5.74, 6) is 1.68. The maximum Gasteiger partial charge on any atom is 0.131 e. The van der Waals surface area contributed by atoms with Gasteiger partial charge < -0.3 is 10.6 Å². The van der Waals surface area contributed by atoms with Crippen molar-refractivity contribution < 1.29 is 0 Å². The first kappa shape index (κ1) is 13.3. The van der Waals surface area contributed by atoms with Gasteiger partial charge in [-0.1, -0.05) is 29.8 Å². The van der Waals surface area contributed by atoms with Gasteiger partial charge in [-0.15, -0.1) is 0 Å². The first-order chi connectivity index (χ1) is 9.13. The zero-order valence-corrected chi connectivity index (χ0v) is 11.6. The fraction of sp³-hybridized carbons (Fsp3) is 0.333. The van der Waals surface area contributed by atoms with Gasteiger partial charge >= 0.3 is 0 Å². The van der Waals surface area contributed by atoms with E-state index in [0.717, 1.165) is 18.2 Å². The van der Waals surface area contributed by atoms with Crippen molar-refractivity contribution in [3.8, 4) is 0 Å². The number of hydrogen-bond donors (Lipinski definition) is 2. The molecular weight excluding hydrogens is 236 g/mol. The average Bonchev–Trinajstić information content (AvgIpc) is 2.38. The van der Waals surface area contributed by atoms with Crippen LogP contribution in [0.3, 0.4) is 0 Å². The van der Waals surface area contributed by atoms with Crippen molar-refractivity contribution in [1.29, 1.82) is 0 Å². The number of benzene rings is 1. The van der Waals surface area contributed by atoms with Crippen molar-refractivity contribution >= 4 is 11.6 Å². The van der Waals surface area contributed by atoms with E-state index >= 15 is 0 Å². The Morgan fingerprint density at radius 3 is 2.42 bits per heavy atom. The van der Waals surface area contributed by atoms with E-state index in [9.17, 15) is 0 Å². The molecule has 0 saturated heterocycles. The topological polar surface area (TPSA) is 49.8 Å². The van der Waals surface area contributed by atoms with Crippen LogP contribution in [0.2, 0.25) is 0 Å². The molecule has 0 spiro atoms. The summed E-state index contributed by atoms with van der Waals surface area (Å²) in [4.78, 5) is 8.40. The monoisotopic (exact) mass is 256 g/mol. The molecule has 4 nitrogen and oxygen atoms in total. The predicted molar refractivity (Wildman–Crippen MR) is 79.3 cm³/mol. The highest BCUT2D eigenvalue weighted by Gasteiger charge is 2.00. The molecule has 0 aliphatic carbocycles. The Balaban J connectivity index is 1.97. The van der Waals surface area contributed by atoms with E-state index in [1.165, 1.54) is 11.1 Å². The van der Waals surface area contributed by atoms with Gasteiger partial charge in [0.05, 0.1) is 0 Å². The lowest BCUT2D eigenvalue weighted by Crippen LogP contribution is -2.11. The third kappa shape index (κ3) is 4.25. The van der Waals surface area contributed by atoms with Crippen LogP contribution >= 0.6 is 0 Å². The van der Waals surface area contributed by atoms with Crippen LogP contribution in [-0.2, 0) is 6.54 Å². The minimum absolute atomic E-state index is 0.361. The molecule has 2 N–H and O–H groups in total. The van der Waals surface area contributed by atoms with E-state index in [1.807, 2.05) is 6.07 Å². The fourth-order valence-electron chi connectivity index (χ4n) is 1.73. The number of hydrogen-bond acceptors (Lipinski definition) is 4. The highest BCUT2D eigenvalue weighted by Crippen LogP contribution is 2.11. The molecule has 1 aromatic heterocycles. The first-order valence-electron chi connectivity index (χ1n) is 6.51. The quantitative estimate of drug-likeness (QED) is 0.862. The molecule has 0 bridgehead atoms. The predicted octanol–water partition coefficient (Wildman–Crippen LogP) is 3.22. The molecule has 0 radical (unpaired) electrons. The van der Waals surface area contributed by atoms with Gasteiger partial charge in [-0.05, 0) is 26.3 Å². The fourth-order valence-corrected chi connectivity index (χ4v) is 1.73. The molecule has 0 aliphatic rings.